The highest BCUT2D eigenvalue weighted by molar-refractivity contribution is 7.98. The van der Waals surface area contributed by atoms with Gasteiger partial charge in [0.25, 0.3) is 0 Å². The number of furan rings is 1. The molecule has 3 aromatic rings. The molecule has 0 aliphatic carbocycles. The maximum Gasteiger partial charge on any atom is 0.214 e. The van der Waals surface area contributed by atoms with Gasteiger partial charge < -0.3 is 4.42 Å². The molecular formula is C13H10N4O2S. The number of aromatic nitrogens is 4. The Balaban J connectivity index is 1.75. The van der Waals surface area contributed by atoms with E-state index in [0.717, 1.165) is 5.69 Å². The highest BCUT2D eigenvalue weighted by Crippen LogP contribution is 2.23. The third-order valence-corrected chi connectivity index (χ3v) is 3.53. The summed E-state index contributed by atoms with van der Waals surface area (Å²) in [4.78, 5) is 10.6. The van der Waals surface area contributed by atoms with Gasteiger partial charge in [-0.15, -0.1) is 5.10 Å². The number of benzene rings is 1. The van der Waals surface area contributed by atoms with Gasteiger partial charge >= 0.3 is 0 Å². The lowest BCUT2D eigenvalue weighted by molar-refractivity contribution is 0.109. The van der Waals surface area contributed by atoms with Gasteiger partial charge in [0.15, 0.2) is 12.0 Å². The zero-order valence-electron chi connectivity index (χ0n) is 10.3. The SMILES string of the molecule is O=Cc1ccc(CSc2nnnn2-c2ccccc2)o1. The monoisotopic (exact) mass is 286 g/mol. The lowest BCUT2D eigenvalue weighted by atomic mass is 10.3. The highest BCUT2D eigenvalue weighted by atomic mass is 32.2. The van der Waals surface area contributed by atoms with Crippen molar-refractivity contribution in [1.29, 1.82) is 0 Å². The van der Waals surface area contributed by atoms with Crippen LogP contribution in [0.15, 0.2) is 52.0 Å². The number of nitrogens with zero attached hydrogens (tertiary/aromatic N) is 4. The molecule has 6 nitrogen and oxygen atoms in total. The Bertz CT molecular complexity index is 708. The molecular weight excluding hydrogens is 276 g/mol. The molecule has 0 unspecified atom stereocenters. The van der Waals surface area contributed by atoms with E-state index in [9.17, 15) is 4.79 Å². The molecule has 1 aromatic carbocycles. The second kappa shape index (κ2) is 5.70. The third-order valence-electron chi connectivity index (χ3n) is 2.58. The number of tetrazole rings is 1. The lowest BCUT2D eigenvalue weighted by Crippen LogP contribution is -1.98. The fourth-order valence-corrected chi connectivity index (χ4v) is 2.46. The summed E-state index contributed by atoms with van der Waals surface area (Å²) in [5.41, 5.74) is 0.896. The maximum absolute atomic E-state index is 10.6. The number of aldehydes is 1. The molecule has 7 heteroatoms. The van der Waals surface area contributed by atoms with Crippen LogP contribution in [-0.2, 0) is 5.75 Å². The topological polar surface area (TPSA) is 73.8 Å². The molecule has 0 aliphatic heterocycles. The lowest BCUT2D eigenvalue weighted by Gasteiger charge is -2.02. The van der Waals surface area contributed by atoms with Crippen molar-refractivity contribution in [1.82, 2.24) is 20.2 Å². The summed E-state index contributed by atoms with van der Waals surface area (Å²) < 4.78 is 6.97. The van der Waals surface area contributed by atoms with Crippen LogP contribution in [-0.4, -0.2) is 26.5 Å². The second-order valence-corrected chi connectivity index (χ2v) is 4.86. The average molecular weight is 286 g/mol. The standard InChI is InChI=1S/C13H10N4O2S/c18-8-11-6-7-12(19-11)9-20-13-14-15-16-17(13)10-4-2-1-3-5-10/h1-8H,9H2. The summed E-state index contributed by atoms with van der Waals surface area (Å²) in [6.45, 7) is 0. The minimum atomic E-state index is 0.322. The molecule has 2 aromatic heterocycles. The van der Waals surface area contributed by atoms with Gasteiger partial charge in [-0.05, 0) is 34.7 Å². The van der Waals surface area contributed by atoms with Crippen LogP contribution in [0.25, 0.3) is 5.69 Å². The van der Waals surface area contributed by atoms with Crippen LogP contribution < -0.4 is 0 Å². The number of thioether (sulfide) groups is 1. The summed E-state index contributed by atoms with van der Waals surface area (Å²) in [5.74, 6) is 1.59. The maximum atomic E-state index is 10.6. The van der Waals surface area contributed by atoms with Crippen LogP contribution in [0.5, 0.6) is 0 Å². The summed E-state index contributed by atoms with van der Waals surface area (Å²) in [6, 6.07) is 13.1. The molecule has 0 spiro atoms. The minimum absolute atomic E-state index is 0.322. The Hall–Kier alpha value is -2.41. The summed E-state index contributed by atoms with van der Waals surface area (Å²) in [6.07, 6.45) is 0.683. The number of para-hydroxylation sites is 1. The van der Waals surface area contributed by atoms with E-state index in [-0.39, 0.29) is 0 Å². The molecule has 0 fully saturated rings. The summed E-state index contributed by atoms with van der Waals surface area (Å²) in [5, 5.41) is 12.3. The zero-order valence-corrected chi connectivity index (χ0v) is 11.2. The van der Waals surface area contributed by atoms with Crippen LogP contribution in [0.3, 0.4) is 0 Å². The quantitative estimate of drug-likeness (QED) is 0.529. The minimum Gasteiger partial charge on any atom is -0.457 e. The predicted molar refractivity (Wildman–Crippen MR) is 72.8 cm³/mol. The van der Waals surface area contributed by atoms with Crippen LogP contribution >= 0.6 is 11.8 Å². The second-order valence-electron chi connectivity index (χ2n) is 3.92. The normalized spacial score (nSPS) is 10.6. The predicted octanol–water partition coefficient (Wildman–Crippen LogP) is 2.36. The smallest absolute Gasteiger partial charge is 0.214 e. The zero-order chi connectivity index (χ0) is 13.8. The first-order valence-electron chi connectivity index (χ1n) is 5.87. The molecule has 0 atom stereocenters. The molecule has 100 valence electrons. The van der Waals surface area contributed by atoms with Crippen molar-refractivity contribution in [2.75, 3.05) is 0 Å². The van der Waals surface area contributed by atoms with Crippen LogP contribution in [0.4, 0.5) is 0 Å². The first-order valence-corrected chi connectivity index (χ1v) is 6.86. The van der Waals surface area contributed by atoms with E-state index < -0.39 is 0 Å². The van der Waals surface area contributed by atoms with Gasteiger partial charge in [-0.1, -0.05) is 30.0 Å². The summed E-state index contributed by atoms with van der Waals surface area (Å²) >= 11 is 1.44. The molecule has 2 heterocycles. The Labute approximate surface area is 118 Å². The number of carbonyl (C=O) groups excluding carboxylic acids is 1. The molecule has 3 rings (SSSR count). The van der Waals surface area contributed by atoms with E-state index in [1.54, 1.807) is 16.8 Å². The molecule has 0 saturated heterocycles. The van der Waals surface area contributed by atoms with E-state index in [1.165, 1.54) is 11.8 Å². The van der Waals surface area contributed by atoms with Gasteiger partial charge in [-0.2, -0.15) is 4.68 Å². The molecule has 0 bridgehead atoms. The summed E-state index contributed by atoms with van der Waals surface area (Å²) in [7, 11) is 0. The fourth-order valence-electron chi connectivity index (χ4n) is 1.67. The van der Waals surface area contributed by atoms with Gasteiger partial charge in [-0.25, -0.2) is 0 Å². The van der Waals surface area contributed by atoms with Crippen LogP contribution in [0.2, 0.25) is 0 Å². The van der Waals surface area contributed by atoms with Gasteiger partial charge in [0.1, 0.15) is 5.76 Å². The van der Waals surface area contributed by atoms with Crippen molar-refractivity contribution >= 4 is 18.0 Å². The number of hydrogen-bond acceptors (Lipinski definition) is 6. The van der Waals surface area contributed by atoms with Crippen LogP contribution in [0, 0.1) is 0 Å². The molecule has 20 heavy (non-hydrogen) atoms. The largest absolute Gasteiger partial charge is 0.457 e. The Morgan fingerprint density at radius 3 is 2.80 bits per heavy atom. The van der Waals surface area contributed by atoms with Gasteiger partial charge in [0, 0.05) is 0 Å². The molecule has 0 aliphatic rings. The van der Waals surface area contributed by atoms with Gasteiger partial charge in [-0.3, -0.25) is 4.79 Å². The average Bonchev–Trinajstić information content (AvgIpc) is 3.15. The fraction of sp³-hybridized carbons (Fsp3) is 0.0769. The number of hydrogen-bond donors (Lipinski definition) is 0. The highest BCUT2D eigenvalue weighted by Gasteiger charge is 2.10. The van der Waals surface area contributed by atoms with Gasteiger partial charge in [0.2, 0.25) is 5.16 Å². The van der Waals surface area contributed by atoms with E-state index in [2.05, 4.69) is 15.5 Å². The van der Waals surface area contributed by atoms with E-state index >= 15 is 0 Å². The van der Waals surface area contributed by atoms with E-state index in [0.29, 0.717) is 28.7 Å². The Kier molecular flexibility index (Phi) is 3.60. The van der Waals surface area contributed by atoms with E-state index in [1.807, 2.05) is 30.3 Å². The molecule has 0 N–H and O–H groups in total. The van der Waals surface area contributed by atoms with E-state index in [4.69, 9.17) is 4.42 Å². The number of carbonyl (C=O) groups is 1. The molecule has 0 saturated carbocycles. The van der Waals surface area contributed by atoms with Crippen molar-refractivity contribution < 1.29 is 9.21 Å². The number of rotatable bonds is 5. The van der Waals surface area contributed by atoms with Gasteiger partial charge in [0.05, 0.1) is 11.4 Å². The van der Waals surface area contributed by atoms with Crippen molar-refractivity contribution in [3.63, 3.8) is 0 Å². The van der Waals surface area contributed by atoms with Crippen LogP contribution in [0.1, 0.15) is 16.3 Å². The van der Waals surface area contributed by atoms with Crippen molar-refractivity contribution in [2.45, 2.75) is 10.9 Å². The molecule has 0 amide bonds. The molecule has 0 radical (unpaired) electrons. The Morgan fingerprint density at radius 1 is 1.20 bits per heavy atom. The first kappa shape index (κ1) is 12.6. The van der Waals surface area contributed by atoms with Crippen molar-refractivity contribution in [3.05, 3.63) is 54.0 Å². The Morgan fingerprint density at radius 2 is 2.05 bits per heavy atom. The van der Waals surface area contributed by atoms with Crippen molar-refractivity contribution in [2.24, 2.45) is 0 Å². The first-order chi connectivity index (χ1) is 9.86. The van der Waals surface area contributed by atoms with Crippen molar-refractivity contribution in [3.8, 4) is 5.69 Å². The third kappa shape index (κ3) is 2.62.